The monoisotopic (exact) mass is 328 g/mol. The Bertz CT molecular complexity index is 845. The second-order valence-corrected chi connectivity index (χ2v) is 5.18. The Hall–Kier alpha value is -3.39. The number of hydrogen-bond acceptors (Lipinski definition) is 1. The Balaban J connectivity index is 2.87. The van der Waals surface area contributed by atoms with Crippen LogP contribution in [0.25, 0.3) is 11.1 Å². The molecule has 0 amide bonds. The molecule has 0 fully saturated rings. The van der Waals surface area contributed by atoms with Crippen LogP contribution in [0.4, 0.5) is 0 Å². The van der Waals surface area contributed by atoms with Crippen molar-refractivity contribution in [3.63, 3.8) is 0 Å². The Morgan fingerprint density at radius 3 is 1.32 bits per heavy atom. The minimum absolute atomic E-state index is 0.222. The summed E-state index contributed by atoms with van der Waals surface area (Å²) in [5, 5.41) is 9.47. The molecule has 25 heavy (non-hydrogen) atoms. The fourth-order valence-corrected chi connectivity index (χ4v) is 2.10. The minimum atomic E-state index is -0.963. The molecule has 0 aromatic carbocycles. The molecule has 0 heterocycles. The lowest BCUT2D eigenvalue weighted by atomic mass is 10.1. The minimum Gasteiger partial charge on any atom is -0.478 e. The number of carbonyl (C=O) groups is 1. The highest BCUT2D eigenvalue weighted by Gasteiger charge is 2.01. The van der Waals surface area contributed by atoms with Crippen molar-refractivity contribution in [1.82, 2.24) is 0 Å². The van der Waals surface area contributed by atoms with Crippen LogP contribution in [0, 0.1) is 0 Å². The molecule has 1 N–H and O–H groups in total. The lowest BCUT2D eigenvalue weighted by Crippen LogP contribution is -1.94. The number of rotatable bonds is 1. The number of aromatic carboxylic acids is 1. The van der Waals surface area contributed by atoms with Gasteiger partial charge in [0.1, 0.15) is 0 Å². The summed E-state index contributed by atoms with van der Waals surface area (Å²) in [5.41, 5.74) is 1.95. The van der Waals surface area contributed by atoms with Gasteiger partial charge in [-0.3, -0.25) is 0 Å². The van der Waals surface area contributed by atoms with Crippen molar-refractivity contribution < 1.29 is 9.90 Å². The maximum atomic E-state index is 11.5. The number of fused-ring (bicyclic) bond motifs is 1. The van der Waals surface area contributed by atoms with Crippen molar-refractivity contribution in [2.24, 2.45) is 0 Å². The van der Waals surface area contributed by atoms with Crippen LogP contribution < -0.4 is 0 Å². The van der Waals surface area contributed by atoms with Crippen LogP contribution >= 0.6 is 0 Å². The topological polar surface area (TPSA) is 37.3 Å². The summed E-state index contributed by atoms with van der Waals surface area (Å²) in [6, 6.07) is 35.7. The molecule has 0 saturated heterocycles. The molecular formula is C23H20O2. The fourth-order valence-electron chi connectivity index (χ4n) is 2.10. The molecule has 2 heteroatoms. The molecule has 0 aromatic rings. The number of carboxylic acid groups (broad SMARTS) is 1. The normalized spacial score (nSPS) is 9.12. The Labute approximate surface area is 148 Å². The molecule has 0 bridgehead atoms. The van der Waals surface area contributed by atoms with Gasteiger partial charge in [0.05, 0.1) is 5.56 Å². The predicted molar refractivity (Wildman–Crippen MR) is 103 cm³/mol. The summed E-state index contributed by atoms with van der Waals surface area (Å²) in [5.74, 6) is -0.963. The summed E-state index contributed by atoms with van der Waals surface area (Å²) < 4.78 is 0. The van der Waals surface area contributed by atoms with Gasteiger partial charge in [-0.2, -0.15) is 0 Å². The molecule has 0 radical (unpaired) electrons. The van der Waals surface area contributed by atoms with Gasteiger partial charge in [-0.15, -0.1) is 0 Å². The standard InChI is InChI=1S/C23H20O2/c24-23(25)22-18-14-10-6-5-8-12-16-20-15-11-7-3-1-2-4-9-13-17-21(20)19-22/h1-19H,(H,24,25). The zero-order valence-corrected chi connectivity index (χ0v) is 13.8. The van der Waals surface area contributed by atoms with Gasteiger partial charge in [-0.1, -0.05) is 103 Å². The SMILES string of the molecule is O=C(O)c1ccccccccc2ccccccccccc-2c1. The Morgan fingerprint density at radius 2 is 0.880 bits per heavy atom. The molecule has 0 atom stereocenters. The van der Waals surface area contributed by atoms with Gasteiger partial charge in [0, 0.05) is 0 Å². The molecular weight excluding hydrogens is 308 g/mol. The molecule has 2 nitrogen and oxygen atoms in total. The molecule has 0 aliphatic heterocycles. The summed E-state index contributed by atoms with van der Waals surface area (Å²) >= 11 is 0. The first-order valence-electron chi connectivity index (χ1n) is 7.99. The van der Waals surface area contributed by atoms with Crippen LogP contribution in [0.2, 0.25) is 0 Å². The van der Waals surface area contributed by atoms with Gasteiger partial charge in [-0.05, 0) is 23.3 Å². The van der Waals surface area contributed by atoms with Gasteiger partial charge in [0.15, 0.2) is 0 Å². The molecule has 2 rings (SSSR count). The number of carboxylic acids is 1. The van der Waals surface area contributed by atoms with E-state index in [1.165, 1.54) is 0 Å². The number of hydrogen-bond donors (Lipinski definition) is 1. The zero-order chi connectivity index (χ0) is 17.7. The molecule has 0 spiro atoms. The second kappa shape index (κ2) is 10.4. The van der Waals surface area contributed by atoms with Crippen LogP contribution in [-0.4, -0.2) is 11.1 Å². The van der Waals surface area contributed by atoms with Crippen molar-refractivity contribution in [1.29, 1.82) is 0 Å². The molecule has 0 unspecified atom stereocenters. The van der Waals surface area contributed by atoms with Gasteiger partial charge < -0.3 is 5.11 Å². The summed E-state index contributed by atoms with van der Waals surface area (Å²) in [6.07, 6.45) is 0. The molecule has 124 valence electrons. The molecule has 0 aromatic heterocycles. The first-order chi connectivity index (χ1) is 12.3. The van der Waals surface area contributed by atoms with Crippen LogP contribution in [0.1, 0.15) is 10.4 Å². The van der Waals surface area contributed by atoms with E-state index in [9.17, 15) is 9.90 Å². The van der Waals surface area contributed by atoms with E-state index in [1.807, 2.05) is 91.0 Å². The molecule has 2 aliphatic carbocycles. The van der Waals surface area contributed by atoms with Gasteiger partial charge in [0.25, 0.3) is 0 Å². The molecule has 0 saturated carbocycles. The van der Waals surface area contributed by atoms with E-state index in [-0.39, 0.29) is 5.56 Å². The first kappa shape index (κ1) is 18.0. The van der Waals surface area contributed by atoms with Crippen LogP contribution in [0.15, 0.2) is 115 Å². The largest absolute Gasteiger partial charge is 0.478 e. The van der Waals surface area contributed by atoms with E-state index in [0.717, 1.165) is 11.1 Å². The Morgan fingerprint density at radius 1 is 0.520 bits per heavy atom. The highest BCUT2D eigenvalue weighted by Crippen LogP contribution is 2.17. The van der Waals surface area contributed by atoms with E-state index >= 15 is 0 Å². The first-order valence-corrected chi connectivity index (χ1v) is 7.99. The van der Waals surface area contributed by atoms with Crippen molar-refractivity contribution in [3.8, 4) is 11.1 Å². The average molecular weight is 328 g/mol. The third kappa shape index (κ3) is 6.71. The summed E-state index contributed by atoms with van der Waals surface area (Å²) in [7, 11) is 0. The third-order valence-corrected chi connectivity index (χ3v) is 3.33. The highest BCUT2D eigenvalue weighted by atomic mass is 16.4. The smallest absolute Gasteiger partial charge is 0.335 e. The maximum absolute atomic E-state index is 11.5. The third-order valence-electron chi connectivity index (χ3n) is 3.33. The van der Waals surface area contributed by atoms with Crippen molar-refractivity contribution in [2.45, 2.75) is 0 Å². The van der Waals surface area contributed by atoms with Gasteiger partial charge in [-0.25, -0.2) is 4.79 Å². The average Bonchev–Trinajstić information content (AvgIpc) is 2.58. The van der Waals surface area contributed by atoms with E-state index in [2.05, 4.69) is 0 Å². The zero-order valence-electron chi connectivity index (χ0n) is 13.8. The Kier molecular flexibility index (Phi) is 7.47. The molecule has 2 aliphatic rings. The second-order valence-electron chi connectivity index (χ2n) is 5.18. The summed E-state index contributed by atoms with van der Waals surface area (Å²) in [6.45, 7) is 0. The van der Waals surface area contributed by atoms with Crippen molar-refractivity contribution in [3.05, 3.63) is 121 Å². The van der Waals surface area contributed by atoms with Crippen molar-refractivity contribution >= 4 is 5.97 Å². The van der Waals surface area contributed by atoms with Crippen LogP contribution in [0.3, 0.4) is 0 Å². The lowest BCUT2D eigenvalue weighted by Gasteiger charge is -1.98. The highest BCUT2D eigenvalue weighted by molar-refractivity contribution is 5.88. The van der Waals surface area contributed by atoms with E-state index < -0.39 is 5.97 Å². The fraction of sp³-hybridized carbons (Fsp3) is 0. The van der Waals surface area contributed by atoms with Crippen molar-refractivity contribution in [2.75, 3.05) is 0 Å². The van der Waals surface area contributed by atoms with E-state index in [4.69, 9.17) is 0 Å². The summed E-state index contributed by atoms with van der Waals surface area (Å²) in [4.78, 5) is 11.5. The van der Waals surface area contributed by atoms with E-state index in [0.29, 0.717) is 0 Å². The quantitative estimate of drug-likeness (QED) is 0.711. The maximum Gasteiger partial charge on any atom is 0.335 e. The van der Waals surface area contributed by atoms with E-state index in [1.54, 1.807) is 24.3 Å². The predicted octanol–water partition coefficient (Wildman–Crippen LogP) is 5.86. The van der Waals surface area contributed by atoms with Crippen LogP contribution in [0.5, 0.6) is 0 Å². The van der Waals surface area contributed by atoms with Gasteiger partial charge in [0.2, 0.25) is 0 Å². The van der Waals surface area contributed by atoms with Crippen LogP contribution in [-0.2, 0) is 0 Å². The van der Waals surface area contributed by atoms with Gasteiger partial charge >= 0.3 is 5.97 Å². The lowest BCUT2D eigenvalue weighted by molar-refractivity contribution is 0.0697.